The highest BCUT2D eigenvalue weighted by molar-refractivity contribution is 5.85. The van der Waals surface area contributed by atoms with Crippen LogP contribution in [0.25, 0.3) is 0 Å². The number of piperazine rings is 1. The number of nitrogens with zero attached hydrogens (tertiary/aromatic N) is 1. The van der Waals surface area contributed by atoms with Crippen LogP contribution in [0.4, 0.5) is 4.39 Å². The highest BCUT2D eigenvalue weighted by Crippen LogP contribution is 2.41. The number of nitrogens with one attached hydrogen (secondary N) is 1. The van der Waals surface area contributed by atoms with E-state index in [-0.39, 0.29) is 36.6 Å². The van der Waals surface area contributed by atoms with Gasteiger partial charge in [0.15, 0.2) is 11.6 Å². The monoisotopic (exact) mass is 380 g/mol. The van der Waals surface area contributed by atoms with E-state index >= 15 is 0 Å². The fourth-order valence-corrected chi connectivity index (χ4v) is 3.76. The molecule has 1 aromatic carbocycles. The predicted molar refractivity (Wildman–Crippen MR) is 98.0 cm³/mol. The van der Waals surface area contributed by atoms with Crippen molar-refractivity contribution in [2.45, 2.75) is 25.8 Å². The number of benzene rings is 1. The molecule has 2 N–H and O–H groups in total. The van der Waals surface area contributed by atoms with Crippen LogP contribution in [0.5, 0.6) is 5.75 Å². The maximum Gasteiger partial charge on any atom is 0.165 e. The molecular formula is C17H27Cl2FN2O2. The van der Waals surface area contributed by atoms with E-state index in [0.717, 1.165) is 63.4 Å². The average Bonchev–Trinajstić information content (AvgIpc) is 2.57. The minimum absolute atomic E-state index is 0. The third-order valence-corrected chi connectivity index (χ3v) is 4.94. The van der Waals surface area contributed by atoms with Gasteiger partial charge in [0, 0.05) is 51.0 Å². The van der Waals surface area contributed by atoms with Crippen molar-refractivity contribution in [3.05, 3.63) is 29.1 Å². The predicted octanol–water partition coefficient (Wildman–Crippen LogP) is 3.06. The Labute approximate surface area is 155 Å². The molecule has 7 heteroatoms. The third kappa shape index (κ3) is 4.52. The molecule has 4 nitrogen and oxygen atoms in total. The molecule has 138 valence electrons. The lowest BCUT2D eigenvalue weighted by Crippen LogP contribution is -2.47. The van der Waals surface area contributed by atoms with E-state index < -0.39 is 5.82 Å². The standard InChI is InChI=1S/C17H25FN2O2.2ClH/c1-12-2-3-14(18)17(21)15(12)16(13-4-10-22-11-5-13)20-8-6-19-7-9-20;;/h2-3,13,16,19,21H,4-11H2,1H3;2*1H/t16-;;/m1../s1. The number of aromatic hydroxyl groups is 1. The van der Waals surface area contributed by atoms with Crippen molar-refractivity contribution in [1.82, 2.24) is 10.2 Å². The van der Waals surface area contributed by atoms with Gasteiger partial charge in [-0.1, -0.05) is 6.07 Å². The SMILES string of the molecule is Cc1ccc(F)c(O)c1[C@@H](C1CCOCC1)N1CCNCC1.Cl.Cl. The zero-order valence-corrected chi connectivity index (χ0v) is 15.6. The van der Waals surface area contributed by atoms with Crippen molar-refractivity contribution in [2.24, 2.45) is 5.92 Å². The molecule has 0 amide bonds. The van der Waals surface area contributed by atoms with E-state index in [4.69, 9.17) is 4.74 Å². The fourth-order valence-electron chi connectivity index (χ4n) is 3.76. The minimum atomic E-state index is -0.521. The summed E-state index contributed by atoms with van der Waals surface area (Å²) in [5.41, 5.74) is 1.74. The topological polar surface area (TPSA) is 44.7 Å². The Kier molecular flexibility index (Phi) is 8.74. The van der Waals surface area contributed by atoms with E-state index in [0.29, 0.717) is 5.92 Å². The van der Waals surface area contributed by atoms with Crippen molar-refractivity contribution in [1.29, 1.82) is 0 Å². The molecular weight excluding hydrogens is 354 g/mol. The first-order valence-electron chi connectivity index (χ1n) is 8.19. The van der Waals surface area contributed by atoms with E-state index in [1.165, 1.54) is 6.07 Å². The first-order chi connectivity index (χ1) is 10.7. The molecule has 2 heterocycles. The number of phenolic OH excluding ortho intramolecular Hbond substituents is 1. The van der Waals surface area contributed by atoms with Crippen LogP contribution < -0.4 is 5.32 Å². The second-order valence-electron chi connectivity index (χ2n) is 6.31. The summed E-state index contributed by atoms with van der Waals surface area (Å²) in [4.78, 5) is 2.40. The summed E-state index contributed by atoms with van der Waals surface area (Å²) in [5.74, 6) is -0.291. The van der Waals surface area contributed by atoms with Gasteiger partial charge in [0.25, 0.3) is 0 Å². The average molecular weight is 381 g/mol. The largest absolute Gasteiger partial charge is 0.505 e. The van der Waals surface area contributed by atoms with E-state index in [1.54, 1.807) is 6.07 Å². The van der Waals surface area contributed by atoms with Crippen LogP contribution in [0, 0.1) is 18.7 Å². The number of ether oxygens (including phenoxy) is 1. The highest BCUT2D eigenvalue weighted by Gasteiger charge is 2.34. The second-order valence-corrected chi connectivity index (χ2v) is 6.31. The van der Waals surface area contributed by atoms with Crippen LogP contribution in [-0.4, -0.2) is 49.4 Å². The zero-order chi connectivity index (χ0) is 15.5. The number of hydrogen-bond donors (Lipinski definition) is 2. The normalized spacial score (nSPS) is 20.8. The molecule has 2 saturated heterocycles. The lowest BCUT2D eigenvalue weighted by molar-refractivity contribution is 0.0203. The van der Waals surface area contributed by atoms with Gasteiger partial charge in [0.05, 0.1) is 0 Å². The molecule has 24 heavy (non-hydrogen) atoms. The molecule has 0 bridgehead atoms. The van der Waals surface area contributed by atoms with Gasteiger partial charge in [-0.3, -0.25) is 4.90 Å². The maximum atomic E-state index is 13.9. The summed E-state index contributed by atoms with van der Waals surface area (Å²) < 4.78 is 19.4. The molecule has 3 rings (SSSR count). The quantitative estimate of drug-likeness (QED) is 0.845. The van der Waals surface area contributed by atoms with Gasteiger partial charge in [0.2, 0.25) is 0 Å². The van der Waals surface area contributed by atoms with Crippen LogP contribution in [0.2, 0.25) is 0 Å². The van der Waals surface area contributed by atoms with Crippen LogP contribution in [0.15, 0.2) is 12.1 Å². The van der Waals surface area contributed by atoms with Gasteiger partial charge >= 0.3 is 0 Å². The summed E-state index contributed by atoms with van der Waals surface area (Å²) in [5, 5.41) is 13.7. The zero-order valence-electron chi connectivity index (χ0n) is 14.0. The Bertz CT molecular complexity index is 504. The van der Waals surface area contributed by atoms with Crippen LogP contribution >= 0.6 is 24.8 Å². The number of halogens is 3. The third-order valence-electron chi connectivity index (χ3n) is 4.94. The molecule has 0 radical (unpaired) electrons. The maximum absolute atomic E-state index is 13.9. The lowest BCUT2D eigenvalue weighted by Gasteiger charge is -2.41. The van der Waals surface area contributed by atoms with Gasteiger partial charge in [-0.2, -0.15) is 0 Å². The van der Waals surface area contributed by atoms with Crippen LogP contribution in [0.1, 0.15) is 30.0 Å². The van der Waals surface area contributed by atoms with Crippen LogP contribution in [-0.2, 0) is 4.74 Å². The molecule has 0 saturated carbocycles. The molecule has 2 fully saturated rings. The molecule has 0 aromatic heterocycles. The summed E-state index contributed by atoms with van der Waals surface area (Å²) >= 11 is 0. The van der Waals surface area contributed by atoms with Crippen molar-refractivity contribution in [3.8, 4) is 5.75 Å². The Hall–Kier alpha value is -0.590. The van der Waals surface area contributed by atoms with Gasteiger partial charge in [-0.05, 0) is 37.3 Å². The Morgan fingerprint density at radius 1 is 1.21 bits per heavy atom. The second kappa shape index (κ2) is 9.78. The van der Waals surface area contributed by atoms with Crippen molar-refractivity contribution in [2.75, 3.05) is 39.4 Å². The molecule has 1 aromatic rings. The first kappa shape index (κ1) is 21.5. The summed E-state index contributed by atoms with van der Waals surface area (Å²) in [7, 11) is 0. The van der Waals surface area contributed by atoms with Crippen molar-refractivity contribution in [3.63, 3.8) is 0 Å². The van der Waals surface area contributed by atoms with E-state index in [9.17, 15) is 9.50 Å². The van der Waals surface area contributed by atoms with E-state index in [1.807, 2.05) is 6.92 Å². The van der Waals surface area contributed by atoms with Crippen molar-refractivity contribution < 1.29 is 14.2 Å². The molecule has 0 unspecified atom stereocenters. The van der Waals surface area contributed by atoms with Gasteiger partial charge in [0.1, 0.15) is 0 Å². The molecule has 0 spiro atoms. The highest BCUT2D eigenvalue weighted by atomic mass is 35.5. The molecule has 0 aliphatic carbocycles. The van der Waals surface area contributed by atoms with Gasteiger partial charge < -0.3 is 15.2 Å². The first-order valence-corrected chi connectivity index (χ1v) is 8.19. The minimum Gasteiger partial charge on any atom is -0.505 e. The lowest BCUT2D eigenvalue weighted by atomic mass is 9.83. The fraction of sp³-hybridized carbons (Fsp3) is 0.647. The van der Waals surface area contributed by atoms with Crippen LogP contribution in [0.3, 0.4) is 0 Å². The molecule has 2 aliphatic heterocycles. The summed E-state index contributed by atoms with van der Waals surface area (Å²) in [6, 6.07) is 3.20. The number of phenols is 1. The van der Waals surface area contributed by atoms with Crippen molar-refractivity contribution >= 4 is 24.8 Å². The Morgan fingerprint density at radius 2 is 1.83 bits per heavy atom. The van der Waals surface area contributed by atoms with Gasteiger partial charge in [-0.15, -0.1) is 24.8 Å². The summed E-state index contributed by atoms with van der Waals surface area (Å²) in [6.45, 7) is 7.20. The molecule has 2 aliphatic rings. The number of aryl methyl sites for hydroxylation is 1. The van der Waals surface area contributed by atoms with E-state index in [2.05, 4.69) is 10.2 Å². The number of rotatable bonds is 3. The molecule has 1 atom stereocenters. The summed E-state index contributed by atoms with van der Waals surface area (Å²) in [6.07, 6.45) is 1.92. The van der Waals surface area contributed by atoms with Gasteiger partial charge in [-0.25, -0.2) is 4.39 Å². The smallest absolute Gasteiger partial charge is 0.165 e. The Balaban J connectivity index is 0.00000144. The Morgan fingerprint density at radius 3 is 2.46 bits per heavy atom. The number of hydrogen-bond acceptors (Lipinski definition) is 4.